The average molecular weight is 158 g/mol. The van der Waals surface area contributed by atoms with Crippen molar-refractivity contribution in [2.75, 3.05) is 0 Å². The lowest BCUT2D eigenvalue weighted by atomic mass is 10.1. The second-order valence-electron chi connectivity index (χ2n) is 2.94. The summed E-state index contributed by atoms with van der Waals surface area (Å²) in [6, 6.07) is 0. The maximum absolute atomic E-state index is 8.27. The zero-order chi connectivity index (χ0) is 8.27. The maximum Gasteiger partial charge on any atom is 0.141 e. The van der Waals surface area contributed by atoms with E-state index in [1.165, 1.54) is 0 Å². The predicted octanol–water partition coefficient (Wildman–Crippen LogP) is 0.690. The van der Waals surface area contributed by atoms with Crippen LogP contribution in [-0.4, -0.2) is 23.3 Å². The van der Waals surface area contributed by atoms with Crippen molar-refractivity contribution in [3.8, 4) is 0 Å². The fourth-order valence-electron chi connectivity index (χ4n) is 1.31. The van der Waals surface area contributed by atoms with Crippen molar-refractivity contribution in [3.63, 3.8) is 0 Å². The first-order chi connectivity index (χ1) is 5.22. The van der Waals surface area contributed by atoms with Crippen LogP contribution in [0.25, 0.3) is 0 Å². The second-order valence-corrected chi connectivity index (χ2v) is 2.94. The third kappa shape index (κ3) is 2.38. The Hall–Kier alpha value is -0.770. The van der Waals surface area contributed by atoms with Gasteiger partial charge in [0.05, 0.1) is 12.2 Å². The number of hydrogen-bond acceptors (Lipinski definition) is 3. The van der Waals surface area contributed by atoms with Crippen LogP contribution in [0.2, 0.25) is 0 Å². The highest BCUT2D eigenvalue weighted by molar-refractivity contribution is 5.80. The lowest BCUT2D eigenvalue weighted by Crippen LogP contribution is -2.20. The first-order valence-corrected chi connectivity index (χ1v) is 3.84. The highest BCUT2D eigenvalue weighted by Gasteiger charge is 2.22. The van der Waals surface area contributed by atoms with E-state index in [1.54, 1.807) is 0 Å². The van der Waals surface area contributed by atoms with Crippen molar-refractivity contribution in [1.82, 2.24) is 0 Å². The highest BCUT2D eigenvalue weighted by Crippen LogP contribution is 2.21. The lowest BCUT2D eigenvalue weighted by Gasteiger charge is -2.08. The lowest BCUT2D eigenvalue weighted by molar-refractivity contribution is 0.0598. The molecule has 0 aromatic heterocycles. The van der Waals surface area contributed by atoms with Gasteiger partial charge in [-0.05, 0) is 19.8 Å². The summed E-state index contributed by atoms with van der Waals surface area (Å²) in [4.78, 5) is 0. The smallest absolute Gasteiger partial charge is 0.141 e. The molecule has 0 amide bonds. The molecule has 0 aromatic rings. The molecule has 2 atom stereocenters. The third-order valence-electron chi connectivity index (χ3n) is 1.89. The Morgan fingerprint density at radius 3 is 2.91 bits per heavy atom. The summed E-state index contributed by atoms with van der Waals surface area (Å²) < 4.78 is 5.46. The molecular weight excluding hydrogens is 144 g/mol. The average Bonchev–Trinajstić information content (AvgIpc) is 2.35. The molecule has 11 heavy (non-hydrogen) atoms. The van der Waals surface area contributed by atoms with Gasteiger partial charge in [0.25, 0.3) is 0 Å². The molecule has 1 saturated heterocycles. The second kappa shape index (κ2) is 3.57. The largest absolute Gasteiger partial charge is 0.409 e. The van der Waals surface area contributed by atoms with E-state index in [1.807, 2.05) is 6.92 Å². The molecule has 0 spiro atoms. The van der Waals surface area contributed by atoms with Gasteiger partial charge in [0.1, 0.15) is 5.84 Å². The number of nitrogens with two attached hydrogens (primary N) is 1. The predicted molar refractivity (Wildman–Crippen MR) is 41.6 cm³/mol. The Labute approximate surface area is 66.0 Å². The minimum atomic E-state index is 0.154. The number of oxime groups is 1. The van der Waals surface area contributed by atoms with Crippen LogP contribution in [0.5, 0.6) is 0 Å². The van der Waals surface area contributed by atoms with E-state index in [9.17, 15) is 0 Å². The van der Waals surface area contributed by atoms with Crippen LogP contribution in [0.3, 0.4) is 0 Å². The molecule has 0 saturated carbocycles. The monoisotopic (exact) mass is 158 g/mol. The summed E-state index contributed by atoms with van der Waals surface area (Å²) in [5.41, 5.74) is 5.32. The fourth-order valence-corrected chi connectivity index (χ4v) is 1.31. The summed E-state index contributed by atoms with van der Waals surface area (Å²) in [7, 11) is 0. The van der Waals surface area contributed by atoms with Crippen molar-refractivity contribution >= 4 is 5.84 Å². The van der Waals surface area contributed by atoms with Crippen LogP contribution in [0.4, 0.5) is 0 Å². The summed E-state index contributed by atoms with van der Waals surface area (Å²) in [6.45, 7) is 2.03. The molecule has 1 rings (SSSR count). The molecule has 4 heteroatoms. The van der Waals surface area contributed by atoms with Gasteiger partial charge in [-0.15, -0.1) is 0 Å². The Morgan fingerprint density at radius 2 is 2.45 bits per heavy atom. The number of amidine groups is 1. The number of hydrogen-bond donors (Lipinski definition) is 2. The van der Waals surface area contributed by atoms with Crippen molar-refractivity contribution in [1.29, 1.82) is 0 Å². The Balaban J connectivity index is 2.28. The van der Waals surface area contributed by atoms with Crippen molar-refractivity contribution in [2.45, 2.75) is 38.4 Å². The Morgan fingerprint density at radius 1 is 1.73 bits per heavy atom. The summed E-state index contributed by atoms with van der Waals surface area (Å²) in [5.74, 6) is 0.254. The molecule has 1 aliphatic rings. The summed E-state index contributed by atoms with van der Waals surface area (Å²) >= 11 is 0. The van der Waals surface area contributed by atoms with Crippen molar-refractivity contribution in [2.24, 2.45) is 10.9 Å². The normalized spacial score (nSPS) is 32.6. The molecule has 0 bridgehead atoms. The minimum absolute atomic E-state index is 0.154. The summed E-state index contributed by atoms with van der Waals surface area (Å²) in [5, 5.41) is 11.2. The molecule has 2 unspecified atom stereocenters. The Bertz CT molecular complexity index is 159. The standard InChI is InChI=1S/C7H14N2O2/c1-5-2-3-6(11-5)4-7(8)9-10/h5-6,10H,2-4H2,1H3,(H2,8,9). The topological polar surface area (TPSA) is 67.8 Å². The van der Waals surface area contributed by atoms with E-state index in [0.29, 0.717) is 12.5 Å². The quantitative estimate of drug-likeness (QED) is 0.269. The van der Waals surface area contributed by atoms with Gasteiger partial charge in [-0.2, -0.15) is 0 Å². The van der Waals surface area contributed by atoms with Gasteiger partial charge in [0, 0.05) is 6.42 Å². The molecular formula is C7H14N2O2. The van der Waals surface area contributed by atoms with E-state index in [-0.39, 0.29) is 11.9 Å². The van der Waals surface area contributed by atoms with Crippen molar-refractivity contribution in [3.05, 3.63) is 0 Å². The number of rotatable bonds is 2. The highest BCUT2D eigenvalue weighted by atomic mass is 16.5. The van der Waals surface area contributed by atoms with Crippen LogP contribution >= 0.6 is 0 Å². The molecule has 1 heterocycles. The van der Waals surface area contributed by atoms with Gasteiger partial charge in [-0.25, -0.2) is 0 Å². The van der Waals surface area contributed by atoms with Gasteiger partial charge in [0.2, 0.25) is 0 Å². The van der Waals surface area contributed by atoms with E-state index in [4.69, 9.17) is 15.7 Å². The maximum atomic E-state index is 8.27. The van der Waals surface area contributed by atoms with Gasteiger partial charge in [-0.3, -0.25) is 0 Å². The molecule has 0 aromatic carbocycles. The molecule has 0 radical (unpaired) electrons. The molecule has 1 aliphatic heterocycles. The van der Waals surface area contributed by atoms with Crippen LogP contribution < -0.4 is 5.73 Å². The number of ether oxygens (including phenoxy) is 1. The van der Waals surface area contributed by atoms with Gasteiger partial charge < -0.3 is 15.7 Å². The van der Waals surface area contributed by atoms with E-state index in [0.717, 1.165) is 12.8 Å². The molecule has 3 N–H and O–H groups in total. The van der Waals surface area contributed by atoms with E-state index >= 15 is 0 Å². The molecule has 1 fully saturated rings. The van der Waals surface area contributed by atoms with Crippen LogP contribution in [-0.2, 0) is 4.74 Å². The van der Waals surface area contributed by atoms with Crippen LogP contribution in [0.1, 0.15) is 26.2 Å². The third-order valence-corrected chi connectivity index (χ3v) is 1.89. The zero-order valence-electron chi connectivity index (χ0n) is 6.66. The Kier molecular flexibility index (Phi) is 2.70. The molecule has 64 valence electrons. The summed E-state index contributed by atoms with van der Waals surface area (Å²) in [6.07, 6.45) is 3.11. The van der Waals surface area contributed by atoms with Gasteiger partial charge in [0.15, 0.2) is 0 Å². The van der Waals surface area contributed by atoms with Gasteiger partial charge >= 0.3 is 0 Å². The number of nitrogens with zero attached hydrogens (tertiary/aromatic N) is 1. The van der Waals surface area contributed by atoms with Crippen molar-refractivity contribution < 1.29 is 9.94 Å². The first-order valence-electron chi connectivity index (χ1n) is 3.84. The minimum Gasteiger partial charge on any atom is -0.409 e. The zero-order valence-corrected chi connectivity index (χ0v) is 6.66. The van der Waals surface area contributed by atoms with Gasteiger partial charge in [-0.1, -0.05) is 5.16 Å². The molecule has 4 nitrogen and oxygen atoms in total. The van der Waals surface area contributed by atoms with E-state index in [2.05, 4.69) is 5.16 Å². The SMILES string of the molecule is CC1CCC(CC(N)=NO)O1. The molecule has 0 aliphatic carbocycles. The van der Waals surface area contributed by atoms with Crippen LogP contribution in [0.15, 0.2) is 5.16 Å². The van der Waals surface area contributed by atoms with Crippen LogP contribution in [0, 0.1) is 0 Å². The fraction of sp³-hybridized carbons (Fsp3) is 0.857. The van der Waals surface area contributed by atoms with E-state index < -0.39 is 0 Å². The first kappa shape index (κ1) is 8.33.